The molecule has 2 fully saturated rings. The van der Waals surface area contributed by atoms with Crippen molar-refractivity contribution in [1.82, 2.24) is 19.6 Å². The van der Waals surface area contributed by atoms with Crippen molar-refractivity contribution in [2.24, 2.45) is 0 Å². The van der Waals surface area contributed by atoms with E-state index in [0.717, 1.165) is 25.9 Å². The lowest BCUT2D eigenvalue weighted by molar-refractivity contribution is -0.137. The summed E-state index contributed by atoms with van der Waals surface area (Å²) >= 11 is 0. The second-order valence-corrected chi connectivity index (χ2v) is 11.1. The molecule has 4 rings (SSSR count). The molecule has 1 unspecified atom stereocenters. The number of hydrogen-bond donors (Lipinski definition) is 1. The summed E-state index contributed by atoms with van der Waals surface area (Å²) in [6.07, 6.45) is 1.90. The van der Waals surface area contributed by atoms with E-state index in [-0.39, 0.29) is 6.03 Å². The fourth-order valence-electron chi connectivity index (χ4n) is 4.32. The van der Waals surface area contributed by atoms with Crippen molar-refractivity contribution in [2.45, 2.75) is 25.6 Å². The summed E-state index contributed by atoms with van der Waals surface area (Å²) in [6, 6.07) is 4.01. The van der Waals surface area contributed by atoms with Crippen LogP contribution in [-0.2, 0) is 22.4 Å². The van der Waals surface area contributed by atoms with Gasteiger partial charge in [0.05, 0.1) is 23.6 Å². The number of carbonyl (C=O) groups is 1. The summed E-state index contributed by atoms with van der Waals surface area (Å²) in [4.78, 5) is 18.5. The van der Waals surface area contributed by atoms with Crippen LogP contribution in [-0.4, -0.2) is 81.2 Å². The highest BCUT2D eigenvalue weighted by Crippen LogP contribution is 2.34. The smallest absolute Gasteiger partial charge is 0.372 e. The molecule has 0 saturated carbocycles. The van der Waals surface area contributed by atoms with Crippen LogP contribution in [0.5, 0.6) is 0 Å². The summed E-state index contributed by atoms with van der Waals surface area (Å²) in [5, 5.41) is 4.03. The molecule has 3 heterocycles. The third-order valence-corrected chi connectivity index (χ3v) is 6.60. The molecule has 0 spiro atoms. The number of benzene rings is 1. The fraction of sp³-hybridized carbons (Fsp3) is 0.500. The summed E-state index contributed by atoms with van der Waals surface area (Å²) < 4.78 is 56.1. The van der Waals surface area contributed by atoms with Crippen LogP contribution >= 0.6 is 0 Å². The average Bonchev–Trinajstić information content (AvgIpc) is 3.44. The normalized spacial score (nSPS) is 19.3. The number of halogens is 3. The van der Waals surface area contributed by atoms with Gasteiger partial charge < -0.3 is 14.5 Å². The molecule has 8 nitrogen and oxygen atoms in total. The Labute approximate surface area is 197 Å². The van der Waals surface area contributed by atoms with E-state index in [1.807, 2.05) is 11.0 Å². The van der Waals surface area contributed by atoms with Crippen LogP contribution in [0.4, 0.5) is 29.3 Å². The van der Waals surface area contributed by atoms with Crippen LogP contribution in [0.15, 0.2) is 30.6 Å². The first-order valence-electron chi connectivity index (χ1n) is 11.1. The monoisotopic (exact) mass is 498 g/mol. The predicted octanol–water partition coefficient (Wildman–Crippen LogP) is 2.96. The molecule has 1 N–H and O–H groups in total. The highest BCUT2D eigenvalue weighted by Gasteiger charge is 2.32. The molecule has 2 saturated heterocycles. The Kier molecular flexibility index (Phi) is 6.81. The Morgan fingerprint density at radius 2 is 1.79 bits per heavy atom. The van der Waals surface area contributed by atoms with Gasteiger partial charge in [-0.1, -0.05) is 0 Å². The first kappa shape index (κ1) is 24.4. The number of nitrogens with one attached hydrogen (secondary N) is 1. The van der Waals surface area contributed by atoms with E-state index in [2.05, 4.69) is 20.6 Å². The molecule has 1 aromatic carbocycles. The molecule has 1 amide bonds. The largest absolute Gasteiger partial charge is 0.416 e. The van der Waals surface area contributed by atoms with Gasteiger partial charge >= 0.3 is 12.2 Å². The third-order valence-electron chi connectivity index (χ3n) is 5.94. The van der Waals surface area contributed by atoms with Crippen LogP contribution in [0.3, 0.4) is 0 Å². The van der Waals surface area contributed by atoms with E-state index in [0.29, 0.717) is 49.7 Å². The second kappa shape index (κ2) is 9.49. The predicted molar refractivity (Wildman–Crippen MR) is 128 cm³/mol. The molecule has 1 atom stereocenters. The van der Waals surface area contributed by atoms with Gasteiger partial charge in [-0.25, -0.2) is 9.00 Å². The Hall–Kier alpha value is -2.73. The van der Waals surface area contributed by atoms with E-state index in [9.17, 15) is 22.2 Å². The first-order chi connectivity index (χ1) is 16.0. The van der Waals surface area contributed by atoms with Crippen LogP contribution in [0.25, 0.3) is 0 Å². The minimum Gasteiger partial charge on any atom is -0.372 e. The van der Waals surface area contributed by atoms with Gasteiger partial charge in [0.1, 0.15) is 0 Å². The number of piperazine rings is 1. The summed E-state index contributed by atoms with van der Waals surface area (Å²) in [7, 11) is -2.48. The Balaban J connectivity index is 1.39. The first-order valence-corrected chi connectivity index (χ1v) is 13.2. The SMILES string of the molecule is C=S(C)(=O)Nc1cnn(C(=O)N2CCN(Cc3cc(N4CCCC4)cc(C(F)(F)F)c3)CC2)c1. The zero-order valence-electron chi connectivity index (χ0n) is 19.1. The Bertz CT molecular complexity index is 1130. The maximum Gasteiger partial charge on any atom is 0.416 e. The van der Waals surface area contributed by atoms with Gasteiger partial charge in [-0.15, -0.1) is 0 Å². The van der Waals surface area contributed by atoms with Gasteiger partial charge in [-0.3, -0.25) is 4.90 Å². The van der Waals surface area contributed by atoms with E-state index in [1.54, 1.807) is 4.90 Å². The second-order valence-electron chi connectivity index (χ2n) is 8.91. The number of carbonyl (C=O) groups excluding carboxylic acids is 1. The molecule has 34 heavy (non-hydrogen) atoms. The van der Waals surface area contributed by atoms with Crippen molar-refractivity contribution in [1.29, 1.82) is 0 Å². The molecular weight excluding hydrogens is 469 g/mol. The lowest BCUT2D eigenvalue weighted by atomic mass is 10.1. The van der Waals surface area contributed by atoms with E-state index >= 15 is 0 Å². The van der Waals surface area contributed by atoms with Crippen molar-refractivity contribution in [3.05, 3.63) is 41.7 Å². The number of amides is 1. The van der Waals surface area contributed by atoms with Gasteiger partial charge in [0.25, 0.3) is 0 Å². The number of anilines is 2. The minimum atomic E-state index is -4.40. The zero-order chi connectivity index (χ0) is 24.5. The van der Waals surface area contributed by atoms with E-state index in [4.69, 9.17) is 0 Å². The quantitative estimate of drug-likeness (QED) is 0.642. The van der Waals surface area contributed by atoms with E-state index in [1.165, 1.54) is 35.5 Å². The molecule has 2 aromatic rings. The van der Waals surface area contributed by atoms with Gasteiger partial charge in [0.2, 0.25) is 0 Å². The average molecular weight is 499 g/mol. The number of hydrogen-bond acceptors (Lipinski definition) is 5. The van der Waals surface area contributed by atoms with Crippen molar-refractivity contribution in [3.8, 4) is 0 Å². The lowest BCUT2D eigenvalue weighted by Crippen LogP contribution is -2.49. The van der Waals surface area contributed by atoms with Gasteiger partial charge in [-0.2, -0.15) is 23.0 Å². The van der Waals surface area contributed by atoms with Gasteiger partial charge in [-0.05, 0) is 42.5 Å². The maximum atomic E-state index is 13.5. The Morgan fingerprint density at radius 3 is 2.41 bits per heavy atom. The summed E-state index contributed by atoms with van der Waals surface area (Å²) in [5.41, 5.74) is 1.06. The lowest BCUT2D eigenvalue weighted by Gasteiger charge is -2.34. The highest BCUT2D eigenvalue weighted by molar-refractivity contribution is 8.00. The minimum absolute atomic E-state index is 0.310. The number of rotatable bonds is 5. The molecule has 2 aliphatic heterocycles. The van der Waals surface area contributed by atoms with Crippen molar-refractivity contribution in [3.63, 3.8) is 0 Å². The number of aromatic nitrogens is 2. The Morgan fingerprint density at radius 1 is 1.12 bits per heavy atom. The van der Waals surface area contributed by atoms with Crippen molar-refractivity contribution in [2.75, 3.05) is 55.1 Å². The standard InChI is InChI=1S/C22H29F3N6O2S/c1-34(2,33)27-19-14-26-31(16-19)21(32)30-9-7-28(8-10-30)15-17-11-18(22(23,24)25)13-20(12-17)29-5-3-4-6-29/h11-14,16H,1,3-10,15H2,2H3,(H,27,33). The number of nitrogens with zero attached hydrogens (tertiary/aromatic N) is 5. The third kappa shape index (κ3) is 6.03. The van der Waals surface area contributed by atoms with Crippen molar-refractivity contribution < 1.29 is 22.2 Å². The molecule has 1 aromatic heterocycles. The maximum absolute atomic E-state index is 13.5. The highest BCUT2D eigenvalue weighted by atomic mass is 32.2. The molecular formula is C22H29F3N6O2S. The topological polar surface area (TPSA) is 73.7 Å². The molecule has 12 heteroatoms. The van der Waals surface area contributed by atoms with Crippen LogP contribution in [0.2, 0.25) is 0 Å². The van der Waals surface area contributed by atoms with Gasteiger partial charge in [0, 0.05) is 67.5 Å². The van der Waals surface area contributed by atoms with Crippen LogP contribution in [0, 0.1) is 0 Å². The zero-order valence-corrected chi connectivity index (χ0v) is 19.9. The molecule has 0 aliphatic carbocycles. The fourth-order valence-corrected chi connectivity index (χ4v) is 4.92. The summed E-state index contributed by atoms with van der Waals surface area (Å²) in [6.45, 7) is 3.87. The number of alkyl halides is 3. The van der Waals surface area contributed by atoms with E-state index < -0.39 is 21.4 Å². The van der Waals surface area contributed by atoms with Gasteiger partial charge in [0.15, 0.2) is 0 Å². The van der Waals surface area contributed by atoms with Crippen LogP contribution < -0.4 is 9.62 Å². The summed E-state index contributed by atoms with van der Waals surface area (Å²) in [5.74, 6) is 3.51. The molecule has 186 valence electrons. The molecule has 2 aliphatic rings. The van der Waals surface area contributed by atoms with Crippen molar-refractivity contribution >= 4 is 33.0 Å². The molecule has 0 bridgehead atoms. The molecule has 0 radical (unpaired) electrons. The van der Waals surface area contributed by atoms with Crippen LogP contribution in [0.1, 0.15) is 24.0 Å².